The number of rotatable bonds is 2. The van der Waals surface area contributed by atoms with Gasteiger partial charge in [0, 0.05) is 31.0 Å². The van der Waals surface area contributed by atoms with E-state index in [-0.39, 0.29) is 18.9 Å². The fourth-order valence-corrected chi connectivity index (χ4v) is 3.88. The second-order valence-electron chi connectivity index (χ2n) is 5.96. The Bertz CT molecular complexity index is 274. The van der Waals surface area contributed by atoms with Gasteiger partial charge in [0.25, 0.3) is 5.92 Å². The summed E-state index contributed by atoms with van der Waals surface area (Å²) in [4.78, 5) is 0. The predicted octanol–water partition coefficient (Wildman–Crippen LogP) is 1.89. The van der Waals surface area contributed by atoms with E-state index in [4.69, 9.17) is 5.73 Å². The van der Waals surface area contributed by atoms with Crippen LogP contribution in [-0.2, 0) is 0 Å². The van der Waals surface area contributed by atoms with Gasteiger partial charge in [0.1, 0.15) is 0 Å². The van der Waals surface area contributed by atoms with Crippen LogP contribution in [0, 0.1) is 11.8 Å². The van der Waals surface area contributed by atoms with E-state index in [1.54, 1.807) is 0 Å². The minimum atomic E-state index is -2.40. The monoisotopic (exact) mass is 230 g/mol. The van der Waals surface area contributed by atoms with Crippen molar-refractivity contribution in [3.05, 3.63) is 0 Å². The van der Waals surface area contributed by atoms with Gasteiger partial charge >= 0.3 is 0 Å². The highest BCUT2D eigenvalue weighted by atomic mass is 19.3. The molecule has 3 N–H and O–H groups in total. The number of hydrogen-bond acceptors (Lipinski definition) is 2. The minimum Gasteiger partial charge on any atom is -0.327 e. The molecule has 0 bridgehead atoms. The SMILES string of the molecule is NC1CCC2CC(NC3CC(F)(F)C3)CC12. The fourth-order valence-electron chi connectivity index (χ4n) is 3.88. The molecule has 0 radical (unpaired) electrons. The molecular formula is C12H20F2N2. The Balaban J connectivity index is 1.49. The van der Waals surface area contributed by atoms with Crippen molar-refractivity contribution < 1.29 is 8.78 Å². The first-order chi connectivity index (χ1) is 7.53. The average Bonchev–Trinajstić information content (AvgIpc) is 2.66. The lowest BCUT2D eigenvalue weighted by atomic mass is 9.87. The molecule has 0 aliphatic heterocycles. The second-order valence-corrected chi connectivity index (χ2v) is 5.96. The topological polar surface area (TPSA) is 38.0 Å². The predicted molar refractivity (Wildman–Crippen MR) is 58.3 cm³/mol. The number of fused-ring (bicyclic) bond motifs is 1. The van der Waals surface area contributed by atoms with Gasteiger partial charge in [-0.25, -0.2) is 8.78 Å². The van der Waals surface area contributed by atoms with E-state index >= 15 is 0 Å². The van der Waals surface area contributed by atoms with Crippen molar-refractivity contribution in [3.63, 3.8) is 0 Å². The zero-order chi connectivity index (χ0) is 11.3. The summed E-state index contributed by atoms with van der Waals surface area (Å²) in [5.41, 5.74) is 6.05. The molecule has 3 aliphatic rings. The van der Waals surface area contributed by atoms with Crippen LogP contribution in [0.4, 0.5) is 8.78 Å². The van der Waals surface area contributed by atoms with Crippen LogP contribution >= 0.6 is 0 Å². The van der Waals surface area contributed by atoms with Crippen LogP contribution < -0.4 is 11.1 Å². The fraction of sp³-hybridized carbons (Fsp3) is 1.00. The Morgan fingerprint density at radius 2 is 1.81 bits per heavy atom. The van der Waals surface area contributed by atoms with Gasteiger partial charge in [0.05, 0.1) is 0 Å². The molecule has 0 aromatic heterocycles. The lowest BCUT2D eigenvalue weighted by Crippen LogP contribution is -2.51. The zero-order valence-electron chi connectivity index (χ0n) is 9.46. The molecule has 3 aliphatic carbocycles. The normalized spacial score (nSPS) is 46.7. The summed E-state index contributed by atoms with van der Waals surface area (Å²) >= 11 is 0. The van der Waals surface area contributed by atoms with E-state index in [0.29, 0.717) is 18.0 Å². The second kappa shape index (κ2) is 3.64. The Labute approximate surface area is 95.0 Å². The summed E-state index contributed by atoms with van der Waals surface area (Å²) in [6.45, 7) is 0. The molecule has 3 fully saturated rings. The molecule has 4 heteroatoms. The van der Waals surface area contributed by atoms with E-state index in [2.05, 4.69) is 5.32 Å². The Kier molecular flexibility index (Phi) is 2.48. The van der Waals surface area contributed by atoms with E-state index in [9.17, 15) is 8.78 Å². The van der Waals surface area contributed by atoms with Crippen LogP contribution in [0.2, 0.25) is 0 Å². The molecule has 3 saturated carbocycles. The van der Waals surface area contributed by atoms with Crippen molar-refractivity contribution in [1.82, 2.24) is 5.32 Å². The zero-order valence-corrected chi connectivity index (χ0v) is 9.46. The van der Waals surface area contributed by atoms with Crippen LogP contribution in [0.3, 0.4) is 0 Å². The van der Waals surface area contributed by atoms with Crippen LogP contribution in [-0.4, -0.2) is 24.0 Å². The summed E-state index contributed by atoms with van der Waals surface area (Å²) in [6, 6.07) is 0.858. The number of halogens is 2. The lowest BCUT2D eigenvalue weighted by Gasteiger charge is -2.37. The van der Waals surface area contributed by atoms with Crippen molar-refractivity contribution in [3.8, 4) is 0 Å². The molecule has 0 aromatic carbocycles. The van der Waals surface area contributed by atoms with Gasteiger partial charge in [-0.15, -0.1) is 0 Å². The highest BCUT2D eigenvalue weighted by molar-refractivity contribution is 5.00. The molecule has 2 nitrogen and oxygen atoms in total. The van der Waals surface area contributed by atoms with Gasteiger partial charge < -0.3 is 11.1 Å². The van der Waals surface area contributed by atoms with Gasteiger partial charge in [-0.1, -0.05) is 0 Å². The third-order valence-electron chi connectivity index (χ3n) is 4.73. The van der Waals surface area contributed by atoms with Crippen molar-refractivity contribution in [1.29, 1.82) is 0 Å². The molecule has 0 heterocycles. The van der Waals surface area contributed by atoms with Gasteiger partial charge in [-0.05, 0) is 37.5 Å². The molecule has 4 unspecified atom stereocenters. The molecule has 0 amide bonds. The maximum Gasteiger partial charge on any atom is 0.251 e. The molecule has 0 saturated heterocycles. The summed E-state index contributed by atoms with van der Waals surface area (Å²) in [5.74, 6) is -0.992. The maximum absolute atomic E-state index is 12.7. The van der Waals surface area contributed by atoms with Crippen LogP contribution in [0.25, 0.3) is 0 Å². The molecule has 4 atom stereocenters. The largest absolute Gasteiger partial charge is 0.327 e. The maximum atomic E-state index is 12.7. The van der Waals surface area contributed by atoms with E-state index in [1.165, 1.54) is 6.42 Å². The summed E-state index contributed by atoms with van der Waals surface area (Å²) in [7, 11) is 0. The average molecular weight is 230 g/mol. The third-order valence-corrected chi connectivity index (χ3v) is 4.73. The Morgan fingerprint density at radius 1 is 1.06 bits per heavy atom. The number of nitrogens with two attached hydrogens (primary N) is 1. The number of alkyl halides is 2. The highest BCUT2D eigenvalue weighted by Gasteiger charge is 2.48. The molecule has 0 aromatic rings. The van der Waals surface area contributed by atoms with Crippen LogP contribution in [0.5, 0.6) is 0 Å². The molecule has 3 rings (SSSR count). The van der Waals surface area contributed by atoms with E-state index < -0.39 is 5.92 Å². The van der Waals surface area contributed by atoms with E-state index in [0.717, 1.165) is 25.2 Å². The van der Waals surface area contributed by atoms with Crippen LogP contribution in [0.15, 0.2) is 0 Å². The Hall–Kier alpha value is -0.220. The first kappa shape index (κ1) is 10.9. The molecule has 92 valence electrons. The number of nitrogens with one attached hydrogen (secondary N) is 1. The molecule has 0 spiro atoms. The standard InChI is InChI=1S/C12H20F2N2/c13-12(14)5-9(6-12)16-8-3-7-1-2-11(15)10(7)4-8/h7-11,16H,1-6,15H2. The van der Waals surface area contributed by atoms with Gasteiger partial charge in [0.15, 0.2) is 0 Å². The van der Waals surface area contributed by atoms with Crippen molar-refractivity contribution >= 4 is 0 Å². The lowest BCUT2D eigenvalue weighted by molar-refractivity contribution is -0.0947. The summed E-state index contributed by atoms with van der Waals surface area (Å²) in [6.07, 6.45) is 4.72. The first-order valence-electron chi connectivity index (χ1n) is 6.43. The molecule has 16 heavy (non-hydrogen) atoms. The van der Waals surface area contributed by atoms with Crippen LogP contribution in [0.1, 0.15) is 38.5 Å². The van der Waals surface area contributed by atoms with Gasteiger partial charge in [-0.3, -0.25) is 0 Å². The summed E-state index contributed by atoms with van der Waals surface area (Å²) < 4.78 is 25.4. The van der Waals surface area contributed by atoms with Gasteiger partial charge in [-0.2, -0.15) is 0 Å². The Morgan fingerprint density at radius 3 is 2.44 bits per heavy atom. The van der Waals surface area contributed by atoms with Gasteiger partial charge in [0.2, 0.25) is 0 Å². The third kappa shape index (κ3) is 1.86. The summed E-state index contributed by atoms with van der Waals surface area (Å²) in [5, 5.41) is 3.38. The van der Waals surface area contributed by atoms with Crippen molar-refractivity contribution in [2.45, 2.75) is 62.6 Å². The van der Waals surface area contributed by atoms with Crippen molar-refractivity contribution in [2.75, 3.05) is 0 Å². The molecular weight excluding hydrogens is 210 g/mol. The number of hydrogen-bond donors (Lipinski definition) is 2. The minimum absolute atomic E-state index is 0.0326. The van der Waals surface area contributed by atoms with E-state index in [1.807, 2.05) is 0 Å². The highest BCUT2D eigenvalue weighted by Crippen LogP contribution is 2.45. The smallest absolute Gasteiger partial charge is 0.251 e. The first-order valence-corrected chi connectivity index (χ1v) is 6.43. The quantitative estimate of drug-likeness (QED) is 0.760. The van der Waals surface area contributed by atoms with Crippen molar-refractivity contribution in [2.24, 2.45) is 17.6 Å².